The smallest absolute Gasteiger partial charge is 0.142 e. The Morgan fingerprint density at radius 1 is 1.53 bits per heavy atom. The molecule has 0 unspecified atom stereocenters. The van der Waals surface area contributed by atoms with Gasteiger partial charge in [-0.25, -0.2) is 0 Å². The van der Waals surface area contributed by atoms with Crippen LogP contribution in [0.5, 0.6) is 5.75 Å². The van der Waals surface area contributed by atoms with Crippen molar-refractivity contribution < 1.29 is 19.5 Å². The van der Waals surface area contributed by atoms with Gasteiger partial charge in [0.05, 0.1) is 24.5 Å². The van der Waals surface area contributed by atoms with E-state index in [1.807, 2.05) is 14.1 Å². The van der Waals surface area contributed by atoms with Crippen molar-refractivity contribution in [2.24, 2.45) is 0 Å². The zero-order valence-electron chi connectivity index (χ0n) is 9.55. The number of rotatable bonds is 5. The Kier molecular flexibility index (Phi) is 5.24. The molecule has 0 saturated carbocycles. The molecule has 0 aliphatic rings. The van der Waals surface area contributed by atoms with E-state index >= 15 is 0 Å². The maximum Gasteiger partial charge on any atom is 0.142 e. The van der Waals surface area contributed by atoms with Gasteiger partial charge < -0.3 is 19.5 Å². The number of benzene rings is 1. The van der Waals surface area contributed by atoms with Crippen LogP contribution in [0.2, 0.25) is 5.02 Å². The van der Waals surface area contributed by atoms with Crippen LogP contribution in [0.25, 0.3) is 0 Å². The van der Waals surface area contributed by atoms with Gasteiger partial charge in [0.15, 0.2) is 0 Å². The summed E-state index contributed by atoms with van der Waals surface area (Å²) >= 11 is 9.00. The van der Waals surface area contributed by atoms with Crippen molar-refractivity contribution in [3.8, 4) is 5.75 Å². The minimum atomic E-state index is -1.31. The van der Waals surface area contributed by atoms with Crippen LogP contribution in [0.1, 0.15) is 10.4 Å². The van der Waals surface area contributed by atoms with Crippen molar-refractivity contribution >= 4 is 33.5 Å². The van der Waals surface area contributed by atoms with Crippen molar-refractivity contribution in [1.29, 1.82) is 0 Å². The predicted molar refractivity (Wildman–Crippen MR) is 66.7 cm³/mol. The summed E-state index contributed by atoms with van der Waals surface area (Å²) in [6, 6.07) is 2.91. The van der Waals surface area contributed by atoms with Crippen molar-refractivity contribution in [2.45, 2.75) is 0 Å². The molecule has 0 heterocycles. The molecule has 94 valence electrons. The number of carbonyl (C=O) groups is 1. The Bertz CT molecular complexity index is 423. The molecule has 1 aromatic carbocycles. The first-order valence-corrected chi connectivity index (χ1v) is 6.21. The number of carboxylic acids is 1. The molecule has 0 fully saturated rings. The molecular formula is C11H13BrClNO3. The average Bonchev–Trinajstić information content (AvgIpc) is 2.19. The number of ether oxygens (including phenoxy) is 1. The maximum absolute atomic E-state index is 10.9. The second-order valence-corrected chi connectivity index (χ2v) is 5.15. The molecule has 4 nitrogen and oxygen atoms in total. The fourth-order valence-corrected chi connectivity index (χ4v) is 2.14. The first-order valence-electron chi connectivity index (χ1n) is 5.04. The van der Waals surface area contributed by atoms with Gasteiger partial charge in [-0.3, -0.25) is 0 Å². The predicted octanol–water partition coefficient (Wildman–Crippen LogP) is -0.0107. The molecule has 6 heteroatoms. The third kappa shape index (κ3) is 4.18. The summed E-state index contributed by atoms with van der Waals surface area (Å²) < 4.78 is 5.96. The maximum atomic E-state index is 10.9. The fraction of sp³-hybridized carbons (Fsp3) is 0.364. The molecule has 1 aromatic rings. The van der Waals surface area contributed by atoms with Crippen LogP contribution < -0.4 is 14.7 Å². The first kappa shape index (κ1) is 14.3. The quantitative estimate of drug-likeness (QED) is 0.829. The number of hydrogen-bond acceptors (Lipinski definition) is 3. The van der Waals surface area contributed by atoms with Gasteiger partial charge in [0.1, 0.15) is 18.9 Å². The van der Waals surface area contributed by atoms with Gasteiger partial charge in [-0.1, -0.05) is 11.6 Å². The summed E-state index contributed by atoms with van der Waals surface area (Å²) in [5.41, 5.74) is -0.0434. The highest BCUT2D eigenvalue weighted by Gasteiger charge is 2.11. The second-order valence-electron chi connectivity index (χ2n) is 3.86. The van der Waals surface area contributed by atoms with Crippen LogP contribution in [-0.4, -0.2) is 33.2 Å². The molecule has 0 atom stereocenters. The lowest BCUT2D eigenvalue weighted by atomic mass is 10.2. The highest BCUT2D eigenvalue weighted by molar-refractivity contribution is 9.10. The van der Waals surface area contributed by atoms with Crippen LogP contribution >= 0.6 is 27.5 Å². The molecule has 0 bridgehead atoms. The Morgan fingerprint density at radius 3 is 2.71 bits per heavy atom. The van der Waals surface area contributed by atoms with E-state index in [1.165, 1.54) is 11.0 Å². The van der Waals surface area contributed by atoms with Gasteiger partial charge in [0, 0.05) is 10.6 Å². The molecule has 0 amide bonds. The summed E-state index contributed by atoms with van der Waals surface area (Å²) in [5, 5.41) is 11.3. The zero-order chi connectivity index (χ0) is 13.0. The Hall–Kier alpha value is -0.780. The summed E-state index contributed by atoms with van der Waals surface area (Å²) in [6.07, 6.45) is 0. The SMILES string of the molecule is C[NH+](C)CCOc1c(Br)cc(Cl)cc1C(=O)[O-]. The number of halogens is 2. The summed E-state index contributed by atoms with van der Waals surface area (Å²) in [6.45, 7) is 1.18. The first-order chi connectivity index (χ1) is 7.91. The van der Waals surface area contributed by atoms with Gasteiger partial charge in [-0.15, -0.1) is 0 Å². The molecule has 0 saturated heterocycles. The van der Waals surface area contributed by atoms with Crippen molar-refractivity contribution in [2.75, 3.05) is 27.2 Å². The van der Waals surface area contributed by atoms with Gasteiger partial charge in [0.25, 0.3) is 0 Å². The molecule has 0 aromatic heterocycles. The Balaban J connectivity index is 2.92. The largest absolute Gasteiger partial charge is 0.545 e. The number of quaternary nitrogens is 1. The monoisotopic (exact) mass is 321 g/mol. The third-order valence-corrected chi connectivity index (χ3v) is 2.88. The normalized spacial score (nSPS) is 10.6. The van der Waals surface area contributed by atoms with E-state index in [0.29, 0.717) is 16.1 Å². The van der Waals surface area contributed by atoms with E-state index in [-0.39, 0.29) is 11.3 Å². The molecule has 0 aliphatic carbocycles. The van der Waals surface area contributed by atoms with Crippen LogP contribution in [0.4, 0.5) is 0 Å². The Labute approximate surface area is 113 Å². The van der Waals surface area contributed by atoms with Crippen LogP contribution in [0, 0.1) is 0 Å². The van der Waals surface area contributed by atoms with E-state index in [0.717, 1.165) is 6.54 Å². The van der Waals surface area contributed by atoms with E-state index in [1.54, 1.807) is 6.07 Å². The molecule has 1 rings (SSSR count). The van der Waals surface area contributed by atoms with E-state index in [4.69, 9.17) is 16.3 Å². The zero-order valence-corrected chi connectivity index (χ0v) is 11.9. The van der Waals surface area contributed by atoms with E-state index < -0.39 is 5.97 Å². The number of carbonyl (C=O) groups excluding carboxylic acids is 1. The standard InChI is InChI=1S/C11H13BrClNO3/c1-14(2)3-4-17-10-8(11(15)16)5-7(13)6-9(10)12/h5-6H,3-4H2,1-2H3,(H,15,16). The molecular weight excluding hydrogens is 309 g/mol. The minimum Gasteiger partial charge on any atom is -0.545 e. The fourth-order valence-electron chi connectivity index (χ4n) is 1.22. The van der Waals surface area contributed by atoms with Crippen molar-refractivity contribution in [3.05, 3.63) is 27.2 Å². The summed E-state index contributed by atoms with van der Waals surface area (Å²) in [7, 11) is 3.97. The number of aromatic carboxylic acids is 1. The highest BCUT2D eigenvalue weighted by Crippen LogP contribution is 2.32. The van der Waals surface area contributed by atoms with E-state index in [9.17, 15) is 9.90 Å². The van der Waals surface area contributed by atoms with Gasteiger partial charge in [-0.05, 0) is 28.1 Å². The van der Waals surface area contributed by atoms with Crippen LogP contribution in [0.15, 0.2) is 16.6 Å². The Morgan fingerprint density at radius 2 is 2.18 bits per heavy atom. The number of hydrogen-bond donors (Lipinski definition) is 1. The van der Waals surface area contributed by atoms with Gasteiger partial charge >= 0.3 is 0 Å². The number of nitrogens with one attached hydrogen (secondary N) is 1. The third-order valence-electron chi connectivity index (χ3n) is 2.08. The summed E-state index contributed by atoms with van der Waals surface area (Å²) in [5.74, 6) is -1.05. The highest BCUT2D eigenvalue weighted by atomic mass is 79.9. The topological polar surface area (TPSA) is 53.8 Å². The van der Waals surface area contributed by atoms with E-state index in [2.05, 4.69) is 15.9 Å². The lowest BCUT2D eigenvalue weighted by Gasteiger charge is -2.15. The molecule has 0 aliphatic heterocycles. The molecule has 0 spiro atoms. The van der Waals surface area contributed by atoms with Crippen molar-refractivity contribution in [1.82, 2.24) is 0 Å². The lowest BCUT2D eigenvalue weighted by Crippen LogP contribution is -3.06. The second kappa shape index (κ2) is 6.23. The minimum absolute atomic E-state index is 0.0434. The molecule has 17 heavy (non-hydrogen) atoms. The average molecular weight is 323 g/mol. The lowest BCUT2D eigenvalue weighted by molar-refractivity contribution is -0.858. The van der Waals surface area contributed by atoms with Crippen molar-refractivity contribution in [3.63, 3.8) is 0 Å². The van der Waals surface area contributed by atoms with Gasteiger partial charge in [0.2, 0.25) is 0 Å². The number of carboxylic acid groups (broad SMARTS) is 1. The van der Waals surface area contributed by atoms with Crippen LogP contribution in [0.3, 0.4) is 0 Å². The molecule has 0 radical (unpaired) electrons. The summed E-state index contributed by atoms with van der Waals surface area (Å²) in [4.78, 5) is 12.2. The molecule has 1 N–H and O–H groups in total. The van der Waals surface area contributed by atoms with Crippen LogP contribution in [-0.2, 0) is 0 Å². The number of likely N-dealkylation sites (N-methyl/N-ethyl adjacent to an activating group) is 1. The van der Waals surface area contributed by atoms with Gasteiger partial charge in [-0.2, -0.15) is 0 Å².